The van der Waals surface area contributed by atoms with Gasteiger partial charge in [0.15, 0.2) is 0 Å². The first-order valence-electron chi connectivity index (χ1n) is 13.5. The monoisotopic (exact) mass is 544 g/mol. The fourth-order valence-electron chi connectivity index (χ4n) is 4.91. The molecule has 1 saturated heterocycles. The van der Waals surface area contributed by atoms with Crippen molar-refractivity contribution in [1.29, 1.82) is 0 Å². The molecule has 39 heavy (non-hydrogen) atoms. The fourth-order valence-corrected chi connectivity index (χ4v) is 4.91. The summed E-state index contributed by atoms with van der Waals surface area (Å²) < 4.78 is 23.6. The Bertz CT molecular complexity index is 1140. The number of methoxy groups -OCH3 is 1. The van der Waals surface area contributed by atoms with Crippen LogP contribution in [0.2, 0.25) is 0 Å². The summed E-state index contributed by atoms with van der Waals surface area (Å²) in [6.07, 6.45) is 0.933. The number of benzene rings is 1. The number of halogens is 1. The summed E-state index contributed by atoms with van der Waals surface area (Å²) >= 11 is 0. The molecule has 2 aromatic rings. The van der Waals surface area contributed by atoms with E-state index in [0.717, 1.165) is 33.6 Å². The number of morpholine rings is 1. The van der Waals surface area contributed by atoms with Gasteiger partial charge in [-0.2, -0.15) is 0 Å². The van der Waals surface area contributed by atoms with Gasteiger partial charge in [-0.15, -0.1) is 0 Å². The van der Waals surface area contributed by atoms with E-state index in [9.17, 15) is 24.6 Å². The molecule has 0 radical (unpaired) electrons. The van der Waals surface area contributed by atoms with Gasteiger partial charge in [0.25, 0.3) is 0 Å². The number of quaternary nitrogens is 1. The van der Waals surface area contributed by atoms with Gasteiger partial charge in [-0.05, 0) is 29.5 Å². The van der Waals surface area contributed by atoms with E-state index in [1.54, 1.807) is 24.3 Å². The van der Waals surface area contributed by atoms with E-state index in [1.165, 1.54) is 19.2 Å². The zero-order valence-corrected chi connectivity index (χ0v) is 23.5. The van der Waals surface area contributed by atoms with E-state index in [2.05, 4.69) is 4.74 Å². The molecule has 1 aliphatic heterocycles. The quantitative estimate of drug-likeness (QED) is 0.240. The van der Waals surface area contributed by atoms with Crippen molar-refractivity contribution >= 4 is 12.0 Å². The van der Waals surface area contributed by atoms with Crippen LogP contribution in [0, 0.1) is 11.0 Å². The number of pyridine rings is 1. The summed E-state index contributed by atoms with van der Waals surface area (Å²) in [5.74, 6) is -0.886. The molecule has 1 aromatic heterocycles. The molecule has 214 valence electrons. The zero-order chi connectivity index (χ0) is 28.7. The van der Waals surface area contributed by atoms with E-state index in [4.69, 9.17) is 9.72 Å². The molecular weight excluding hydrogens is 503 g/mol. The van der Waals surface area contributed by atoms with Crippen LogP contribution in [0.1, 0.15) is 74.9 Å². The van der Waals surface area contributed by atoms with Gasteiger partial charge in [-0.1, -0.05) is 52.0 Å². The first kappa shape index (κ1) is 30.8. The smallest absolute Gasteiger partial charge is 0.308 e. The van der Waals surface area contributed by atoms with Gasteiger partial charge >= 0.3 is 5.97 Å². The molecule has 0 amide bonds. The molecule has 0 spiro atoms. The average Bonchev–Trinajstić information content (AvgIpc) is 2.87. The molecule has 1 aromatic carbocycles. The predicted octanol–water partition coefficient (Wildman–Crippen LogP) is 4.67. The maximum Gasteiger partial charge on any atom is 0.308 e. The third-order valence-corrected chi connectivity index (χ3v) is 6.98. The number of hydroxylamine groups is 3. The molecule has 2 heterocycles. The van der Waals surface area contributed by atoms with Crippen LogP contribution in [0.25, 0.3) is 17.2 Å². The van der Waals surface area contributed by atoms with Gasteiger partial charge in [-0.3, -0.25) is 9.78 Å². The van der Waals surface area contributed by atoms with Crippen LogP contribution in [-0.4, -0.2) is 71.4 Å². The van der Waals surface area contributed by atoms with Gasteiger partial charge in [0.05, 0.1) is 50.3 Å². The number of carbonyl (C=O) groups is 1. The summed E-state index contributed by atoms with van der Waals surface area (Å²) in [6, 6.07) is 6.19. The number of carbonyl (C=O) groups excluding carboxylic acids is 1. The van der Waals surface area contributed by atoms with E-state index in [0.29, 0.717) is 26.3 Å². The van der Waals surface area contributed by atoms with E-state index in [-0.39, 0.29) is 37.0 Å². The van der Waals surface area contributed by atoms with Crippen LogP contribution in [0.15, 0.2) is 30.3 Å². The molecule has 2 unspecified atom stereocenters. The highest BCUT2D eigenvalue weighted by Crippen LogP contribution is 2.39. The Morgan fingerprint density at radius 3 is 2.31 bits per heavy atom. The third-order valence-electron chi connectivity index (χ3n) is 6.98. The average molecular weight is 545 g/mol. The molecule has 1 fully saturated rings. The number of hydrogen-bond acceptors (Lipinski definition) is 7. The van der Waals surface area contributed by atoms with Crippen molar-refractivity contribution in [2.24, 2.45) is 0 Å². The lowest BCUT2D eigenvalue weighted by molar-refractivity contribution is -0.901. The second kappa shape index (κ2) is 13.6. The second-order valence-electron chi connectivity index (χ2n) is 10.8. The lowest BCUT2D eigenvalue weighted by Gasteiger charge is -2.46. The number of hydrogen-bond donors (Lipinski definition) is 2. The van der Waals surface area contributed by atoms with E-state index >= 15 is 0 Å². The van der Waals surface area contributed by atoms with Gasteiger partial charge < -0.3 is 29.5 Å². The van der Waals surface area contributed by atoms with E-state index < -0.39 is 22.8 Å². The van der Waals surface area contributed by atoms with Crippen molar-refractivity contribution in [1.82, 2.24) is 4.98 Å². The van der Waals surface area contributed by atoms with Crippen LogP contribution < -0.4 is 0 Å². The van der Waals surface area contributed by atoms with Gasteiger partial charge in [0.1, 0.15) is 25.5 Å². The molecule has 1 aliphatic rings. The standard InChI is InChI=1S/C30H41FN2O6/c1-19(2)29-25(11-10-23(34)16-24(35)17-27(36)38-5)28(21-6-8-22(31)9-7-21)26(30(32-29)20(3)4)18-33(37)12-14-39-15-13-33/h6-11,19-20,23-24,34-35H,12-18H2,1-5H3. The Morgan fingerprint density at radius 2 is 1.74 bits per heavy atom. The normalized spacial score (nSPS) is 17.1. The highest BCUT2D eigenvalue weighted by Gasteiger charge is 2.29. The molecule has 2 N–H and O–H groups in total. The second-order valence-corrected chi connectivity index (χ2v) is 10.8. The van der Waals surface area contributed by atoms with Gasteiger partial charge in [0.2, 0.25) is 0 Å². The molecule has 9 heteroatoms. The Hall–Kier alpha value is -2.69. The number of aromatic nitrogens is 1. The Balaban J connectivity index is 2.18. The Labute approximate surface area is 230 Å². The minimum atomic E-state index is -1.07. The van der Waals surface area contributed by atoms with Crippen molar-refractivity contribution in [3.63, 3.8) is 0 Å². The summed E-state index contributed by atoms with van der Waals surface area (Å²) in [4.78, 5) is 16.6. The minimum absolute atomic E-state index is 0.0104. The summed E-state index contributed by atoms with van der Waals surface area (Å²) in [5.41, 5.74) is 4.69. The van der Waals surface area contributed by atoms with Gasteiger partial charge in [-0.25, -0.2) is 4.39 Å². The Kier molecular flexibility index (Phi) is 10.7. The van der Waals surface area contributed by atoms with Crippen LogP contribution in [0.5, 0.6) is 0 Å². The molecule has 2 atom stereocenters. The van der Waals surface area contributed by atoms with Crippen LogP contribution in [0.4, 0.5) is 4.39 Å². The lowest BCUT2D eigenvalue weighted by atomic mass is 9.86. The topological polar surface area (TPSA) is 112 Å². The van der Waals surface area contributed by atoms with Crippen molar-refractivity contribution in [3.8, 4) is 11.1 Å². The SMILES string of the molecule is COC(=O)CC(O)CC(O)C=Cc1c(C(C)C)nc(C(C)C)c(C[N+]2([O-])CCOCC2)c1-c1ccc(F)cc1. The maximum absolute atomic E-state index is 14.0. The van der Waals surface area contributed by atoms with E-state index in [1.807, 2.05) is 27.7 Å². The van der Waals surface area contributed by atoms with Crippen molar-refractivity contribution in [2.75, 3.05) is 33.4 Å². The third kappa shape index (κ3) is 8.16. The minimum Gasteiger partial charge on any atom is -0.632 e. The number of ether oxygens (including phenoxy) is 2. The Morgan fingerprint density at radius 1 is 1.13 bits per heavy atom. The predicted molar refractivity (Wildman–Crippen MR) is 148 cm³/mol. The lowest BCUT2D eigenvalue weighted by Crippen LogP contribution is -2.50. The highest BCUT2D eigenvalue weighted by molar-refractivity contribution is 5.80. The van der Waals surface area contributed by atoms with Crippen molar-refractivity contribution < 1.29 is 33.5 Å². The highest BCUT2D eigenvalue weighted by atomic mass is 19.1. The maximum atomic E-state index is 14.0. The number of nitrogens with zero attached hydrogens (tertiary/aromatic N) is 2. The van der Waals surface area contributed by atoms with Crippen LogP contribution >= 0.6 is 0 Å². The first-order chi connectivity index (χ1) is 18.4. The number of rotatable bonds is 11. The largest absolute Gasteiger partial charge is 0.632 e. The molecule has 0 bridgehead atoms. The summed E-state index contributed by atoms with van der Waals surface area (Å²) in [5, 5.41) is 34.6. The molecule has 8 nitrogen and oxygen atoms in total. The first-order valence-corrected chi connectivity index (χ1v) is 13.5. The molecule has 3 rings (SSSR count). The molecule has 0 saturated carbocycles. The van der Waals surface area contributed by atoms with Crippen LogP contribution in [-0.2, 0) is 20.8 Å². The van der Waals surface area contributed by atoms with Gasteiger partial charge in [0, 0.05) is 23.1 Å². The number of esters is 1. The zero-order valence-electron chi connectivity index (χ0n) is 23.5. The number of aliphatic hydroxyl groups is 2. The fraction of sp³-hybridized carbons (Fsp3) is 0.533. The number of aliphatic hydroxyl groups excluding tert-OH is 2. The van der Waals surface area contributed by atoms with Crippen molar-refractivity contribution in [2.45, 2.75) is 71.1 Å². The van der Waals surface area contributed by atoms with Crippen LogP contribution in [0.3, 0.4) is 0 Å². The van der Waals surface area contributed by atoms with Crippen molar-refractivity contribution in [3.05, 3.63) is 63.9 Å². The molecule has 0 aliphatic carbocycles. The summed E-state index contributed by atoms with van der Waals surface area (Å²) in [7, 11) is 1.24. The molecular formula is C30H41FN2O6. The summed E-state index contributed by atoms with van der Waals surface area (Å²) in [6.45, 7) is 9.75.